The van der Waals surface area contributed by atoms with E-state index < -0.39 is 52.7 Å². The average molecular weight is 510 g/mol. The summed E-state index contributed by atoms with van der Waals surface area (Å²) in [5, 5.41) is 0.368. The van der Waals surface area contributed by atoms with Crippen molar-refractivity contribution in [1.82, 2.24) is 0 Å². The van der Waals surface area contributed by atoms with E-state index in [0.717, 1.165) is 0 Å². The van der Waals surface area contributed by atoms with Crippen molar-refractivity contribution in [2.45, 2.75) is 11.6 Å². The van der Waals surface area contributed by atoms with E-state index in [4.69, 9.17) is 27.9 Å². The van der Waals surface area contributed by atoms with Gasteiger partial charge in [-0.15, -0.1) is 0 Å². The number of halogens is 3. The van der Waals surface area contributed by atoms with E-state index in [1.165, 1.54) is 47.4 Å². The summed E-state index contributed by atoms with van der Waals surface area (Å²) in [6.45, 7) is 0. The van der Waals surface area contributed by atoms with Crippen LogP contribution in [0.3, 0.4) is 0 Å². The zero-order valence-corrected chi connectivity index (χ0v) is 19.2. The van der Waals surface area contributed by atoms with Crippen LogP contribution in [-0.2, 0) is 14.3 Å². The monoisotopic (exact) mass is 509 g/mol. The largest absolute Gasteiger partial charge is 0.393 e. The predicted molar refractivity (Wildman–Crippen MR) is 124 cm³/mol. The molecule has 3 aromatic carbocycles. The van der Waals surface area contributed by atoms with Crippen molar-refractivity contribution in [3.8, 4) is 0 Å². The number of ether oxygens (including phenoxy) is 1. The van der Waals surface area contributed by atoms with Crippen molar-refractivity contribution in [3.05, 3.63) is 99.3 Å². The fourth-order valence-electron chi connectivity index (χ4n) is 5.73. The minimum atomic E-state index is -2.12. The van der Waals surface area contributed by atoms with Crippen molar-refractivity contribution < 1.29 is 28.3 Å². The summed E-state index contributed by atoms with van der Waals surface area (Å²) in [6.07, 6.45) is 0. The number of hydrogen-bond donors (Lipinski definition) is 0. The molecule has 174 valence electrons. The van der Waals surface area contributed by atoms with Crippen molar-refractivity contribution in [3.63, 3.8) is 0 Å². The number of benzene rings is 3. The zero-order chi connectivity index (χ0) is 24.6. The van der Waals surface area contributed by atoms with Crippen molar-refractivity contribution in [1.29, 1.82) is 0 Å². The maximum Gasteiger partial charge on any atom is 0.320 e. The third-order valence-corrected chi connectivity index (χ3v) is 7.75. The Labute approximate surface area is 208 Å². The Morgan fingerprint density at radius 2 is 1.49 bits per heavy atom. The van der Waals surface area contributed by atoms with Gasteiger partial charge in [-0.3, -0.25) is 19.2 Å². The number of rotatable bonds is 2. The summed E-state index contributed by atoms with van der Waals surface area (Å²) in [5.74, 6) is -6.38. The maximum absolute atomic E-state index is 14.3. The summed E-state index contributed by atoms with van der Waals surface area (Å²) in [7, 11) is 0. The van der Waals surface area contributed by atoms with E-state index in [0.29, 0.717) is 5.56 Å². The lowest BCUT2D eigenvalue weighted by Gasteiger charge is -2.39. The second-order valence-corrected chi connectivity index (χ2v) is 9.50. The number of cyclic esters (lactones) is 2. The fourth-order valence-corrected chi connectivity index (χ4v) is 6.02. The van der Waals surface area contributed by atoms with E-state index in [1.807, 2.05) is 0 Å². The summed E-state index contributed by atoms with van der Waals surface area (Å²) < 4.78 is 19.3. The first kappa shape index (κ1) is 21.9. The van der Waals surface area contributed by atoms with E-state index in [2.05, 4.69) is 0 Å². The summed E-state index contributed by atoms with van der Waals surface area (Å²) in [5.41, 5.74) is -1.28. The highest BCUT2D eigenvalue weighted by atomic mass is 35.5. The lowest BCUT2D eigenvalue weighted by Crippen LogP contribution is -2.59. The number of carbonyl (C=O) groups is 4. The van der Waals surface area contributed by atoms with Gasteiger partial charge in [0.15, 0.2) is 17.1 Å². The van der Waals surface area contributed by atoms with Crippen LogP contribution in [0, 0.1) is 17.7 Å². The molecule has 2 heterocycles. The topological polar surface area (TPSA) is 80.8 Å². The molecule has 2 aliphatic heterocycles. The molecule has 9 heteroatoms. The minimum Gasteiger partial charge on any atom is -0.393 e. The number of hydrogen-bond acceptors (Lipinski definition) is 6. The van der Waals surface area contributed by atoms with Gasteiger partial charge in [0.1, 0.15) is 11.7 Å². The van der Waals surface area contributed by atoms with Crippen LogP contribution >= 0.6 is 23.2 Å². The first-order chi connectivity index (χ1) is 16.8. The van der Waals surface area contributed by atoms with Gasteiger partial charge in [0.05, 0.1) is 22.0 Å². The highest BCUT2D eigenvalue weighted by Crippen LogP contribution is 2.60. The SMILES string of the molecule is O=C1OC(=O)[C@H]2[C@H]1[C@@H](c1cccc(F)c1)N(c1ccc(Cl)c(Cl)c1)C21C(=O)c2ccccc2C1=O. The van der Waals surface area contributed by atoms with Gasteiger partial charge in [0, 0.05) is 16.8 Å². The van der Waals surface area contributed by atoms with Gasteiger partial charge < -0.3 is 9.64 Å². The van der Waals surface area contributed by atoms with Crippen molar-refractivity contribution >= 4 is 52.4 Å². The Bertz CT molecular complexity index is 1450. The number of Topliss-reactive ketones (excluding diaryl/α,β-unsaturated/α-hetero) is 2. The number of anilines is 1. The average Bonchev–Trinajstić information content (AvgIpc) is 3.40. The third-order valence-electron chi connectivity index (χ3n) is 7.02. The summed E-state index contributed by atoms with van der Waals surface area (Å²) >= 11 is 12.4. The second kappa shape index (κ2) is 7.47. The third kappa shape index (κ3) is 2.76. The molecule has 3 atom stereocenters. The first-order valence-corrected chi connectivity index (χ1v) is 11.5. The Balaban J connectivity index is 1.70. The predicted octanol–water partition coefficient (Wildman–Crippen LogP) is 4.83. The lowest BCUT2D eigenvalue weighted by molar-refractivity contribution is -0.154. The molecule has 0 radical (unpaired) electrons. The van der Waals surface area contributed by atoms with E-state index in [-0.39, 0.29) is 26.9 Å². The molecule has 6 nitrogen and oxygen atoms in total. The molecule has 0 saturated carbocycles. The van der Waals surface area contributed by atoms with Crippen molar-refractivity contribution in [2.75, 3.05) is 4.90 Å². The molecular weight excluding hydrogens is 496 g/mol. The van der Waals surface area contributed by atoms with Gasteiger partial charge in [0.25, 0.3) is 0 Å². The van der Waals surface area contributed by atoms with E-state index in [1.54, 1.807) is 24.3 Å². The number of ketones is 2. The minimum absolute atomic E-state index is 0.133. The van der Waals surface area contributed by atoms with Gasteiger partial charge in [-0.2, -0.15) is 0 Å². The van der Waals surface area contributed by atoms with Crippen LogP contribution in [0.2, 0.25) is 10.0 Å². The normalized spacial score (nSPS) is 24.2. The molecule has 1 spiro atoms. The van der Waals surface area contributed by atoms with Gasteiger partial charge >= 0.3 is 11.9 Å². The summed E-state index contributed by atoms with van der Waals surface area (Å²) in [4.78, 5) is 55.8. The second-order valence-electron chi connectivity index (χ2n) is 8.68. The highest BCUT2D eigenvalue weighted by Gasteiger charge is 2.76. The Hall–Kier alpha value is -3.55. The van der Waals surface area contributed by atoms with Crippen molar-refractivity contribution in [2.24, 2.45) is 11.8 Å². The molecule has 3 aromatic rings. The molecule has 0 amide bonds. The number of nitrogens with zero attached hydrogens (tertiary/aromatic N) is 1. The van der Waals surface area contributed by atoms with Gasteiger partial charge in [0.2, 0.25) is 0 Å². The molecule has 6 rings (SSSR count). The number of esters is 2. The molecule has 1 aliphatic carbocycles. The van der Waals surface area contributed by atoms with Crippen LogP contribution in [0.15, 0.2) is 66.7 Å². The molecule has 0 aromatic heterocycles. The van der Waals surface area contributed by atoms with Crippen LogP contribution < -0.4 is 4.90 Å². The molecule has 2 fully saturated rings. The van der Waals surface area contributed by atoms with E-state index >= 15 is 0 Å². The zero-order valence-electron chi connectivity index (χ0n) is 17.7. The van der Waals surface area contributed by atoms with E-state index in [9.17, 15) is 23.6 Å². The molecule has 0 bridgehead atoms. The first-order valence-electron chi connectivity index (χ1n) is 10.7. The smallest absolute Gasteiger partial charge is 0.320 e. The molecule has 35 heavy (non-hydrogen) atoms. The summed E-state index contributed by atoms with van der Waals surface area (Å²) in [6, 6.07) is 15.1. The Morgan fingerprint density at radius 1 is 0.800 bits per heavy atom. The van der Waals surface area contributed by atoms with Gasteiger partial charge in [-0.1, -0.05) is 59.6 Å². The quantitative estimate of drug-likeness (QED) is 0.363. The lowest BCUT2D eigenvalue weighted by atomic mass is 9.76. The Kier molecular flexibility index (Phi) is 4.69. The van der Waals surface area contributed by atoms with Crippen LogP contribution in [0.1, 0.15) is 32.3 Å². The van der Waals surface area contributed by atoms with Crippen LogP contribution in [0.25, 0.3) is 0 Å². The highest BCUT2D eigenvalue weighted by molar-refractivity contribution is 6.42. The Morgan fingerprint density at radius 3 is 2.11 bits per heavy atom. The van der Waals surface area contributed by atoms with Crippen LogP contribution in [0.4, 0.5) is 10.1 Å². The number of carbonyl (C=O) groups excluding carboxylic acids is 4. The van der Waals surface area contributed by atoms with Crippen LogP contribution in [-0.4, -0.2) is 29.0 Å². The number of fused-ring (bicyclic) bond motifs is 3. The molecule has 0 N–H and O–H groups in total. The molecule has 0 unspecified atom stereocenters. The molecular formula is C26H14Cl2FNO5. The molecule has 2 saturated heterocycles. The van der Waals surface area contributed by atoms with Gasteiger partial charge in [-0.25, -0.2) is 4.39 Å². The van der Waals surface area contributed by atoms with Crippen LogP contribution in [0.5, 0.6) is 0 Å². The maximum atomic E-state index is 14.3. The fraction of sp³-hybridized carbons (Fsp3) is 0.154. The standard InChI is InChI=1S/C26H14Cl2FNO5/c27-17-9-8-14(11-18(17)28)30-21(12-4-3-5-13(29)10-12)19-20(25(34)35-24(19)33)26(30)22(31)15-6-1-2-7-16(15)23(26)32/h1-11,19-21H/t19-,20+,21+/m0/s1. The van der Waals surface area contributed by atoms with Gasteiger partial charge in [-0.05, 0) is 35.9 Å². The molecule has 3 aliphatic rings.